The molecule has 1 aromatic rings. The first-order valence-corrected chi connectivity index (χ1v) is 7.16. The zero-order valence-corrected chi connectivity index (χ0v) is 12.0. The van der Waals surface area contributed by atoms with Gasteiger partial charge in [-0.3, -0.25) is 0 Å². The number of aliphatic hydroxyl groups is 1. The lowest BCUT2D eigenvalue weighted by molar-refractivity contribution is -0.0994. The molecule has 1 heterocycles. The molecule has 1 N–H and O–H groups in total. The minimum atomic E-state index is -0.393. The molecule has 0 radical (unpaired) electrons. The van der Waals surface area contributed by atoms with Gasteiger partial charge in [-0.2, -0.15) is 0 Å². The van der Waals surface area contributed by atoms with Gasteiger partial charge in [0, 0.05) is 18.4 Å². The number of methoxy groups -OCH3 is 1. The number of halogens is 1. The quantitative estimate of drug-likeness (QED) is 0.916. The van der Waals surface area contributed by atoms with Crippen molar-refractivity contribution >= 4 is 27.3 Å². The third-order valence-corrected chi connectivity index (χ3v) is 5.71. The molecule has 0 aliphatic heterocycles. The van der Waals surface area contributed by atoms with Gasteiger partial charge in [-0.1, -0.05) is 0 Å². The molecule has 1 aliphatic rings. The van der Waals surface area contributed by atoms with Crippen LogP contribution in [0.5, 0.6) is 0 Å². The molecule has 16 heavy (non-hydrogen) atoms. The van der Waals surface area contributed by atoms with E-state index in [2.05, 4.69) is 22.0 Å². The number of aliphatic hydroxyl groups excluding tert-OH is 1. The van der Waals surface area contributed by atoms with E-state index in [1.54, 1.807) is 18.4 Å². The molecular formula is C12H17BrO2S. The summed E-state index contributed by atoms with van der Waals surface area (Å²) in [6, 6.07) is 2.06. The topological polar surface area (TPSA) is 29.5 Å². The van der Waals surface area contributed by atoms with Crippen molar-refractivity contribution in [3.63, 3.8) is 0 Å². The predicted octanol–water partition coefficient (Wildman–Crippen LogP) is 3.81. The van der Waals surface area contributed by atoms with Crippen molar-refractivity contribution < 1.29 is 9.84 Å². The average molecular weight is 305 g/mol. The van der Waals surface area contributed by atoms with E-state index in [0.29, 0.717) is 0 Å². The van der Waals surface area contributed by atoms with Crippen molar-refractivity contribution in [1.29, 1.82) is 0 Å². The molecule has 1 atom stereocenters. The maximum absolute atomic E-state index is 10.2. The molecule has 0 spiro atoms. The highest BCUT2D eigenvalue weighted by Gasteiger charge is 2.39. The van der Waals surface area contributed by atoms with Gasteiger partial charge in [-0.15, -0.1) is 11.3 Å². The second-order valence-electron chi connectivity index (χ2n) is 4.57. The van der Waals surface area contributed by atoms with Crippen LogP contribution in [-0.4, -0.2) is 17.8 Å². The zero-order valence-electron chi connectivity index (χ0n) is 9.62. The number of thiophene rings is 1. The molecule has 1 unspecified atom stereocenters. The average Bonchev–Trinajstić information content (AvgIpc) is 2.53. The third-order valence-electron chi connectivity index (χ3n) is 3.47. The van der Waals surface area contributed by atoms with Crippen LogP contribution < -0.4 is 0 Å². The Labute approximate surface area is 109 Å². The second-order valence-corrected chi connectivity index (χ2v) is 6.97. The van der Waals surface area contributed by atoms with E-state index in [4.69, 9.17) is 4.74 Å². The van der Waals surface area contributed by atoms with Crippen molar-refractivity contribution in [2.75, 3.05) is 7.11 Å². The molecule has 1 fully saturated rings. The molecule has 1 aromatic heterocycles. The van der Waals surface area contributed by atoms with E-state index in [0.717, 1.165) is 27.9 Å². The summed E-state index contributed by atoms with van der Waals surface area (Å²) in [5.74, 6) is 0. The van der Waals surface area contributed by atoms with Crippen molar-refractivity contribution in [3.05, 3.63) is 20.3 Å². The van der Waals surface area contributed by atoms with E-state index < -0.39 is 6.10 Å². The predicted molar refractivity (Wildman–Crippen MR) is 69.9 cm³/mol. The van der Waals surface area contributed by atoms with Gasteiger partial charge in [-0.25, -0.2) is 0 Å². The van der Waals surface area contributed by atoms with E-state index in [1.165, 1.54) is 12.0 Å². The summed E-state index contributed by atoms with van der Waals surface area (Å²) >= 11 is 5.11. The first-order chi connectivity index (χ1) is 7.56. The maximum Gasteiger partial charge on any atom is 0.0909 e. The Hall–Kier alpha value is 0.1000. The van der Waals surface area contributed by atoms with Crippen molar-refractivity contribution in [2.24, 2.45) is 0 Å². The van der Waals surface area contributed by atoms with Gasteiger partial charge < -0.3 is 9.84 Å². The lowest BCUT2D eigenvalue weighted by atomic mass is 9.76. The minimum absolute atomic E-state index is 0.0657. The summed E-state index contributed by atoms with van der Waals surface area (Å²) in [7, 11) is 1.75. The minimum Gasteiger partial charge on any atom is -0.387 e. The summed E-state index contributed by atoms with van der Waals surface area (Å²) in [5.41, 5.74) is 1.13. The summed E-state index contributed by atoms with van der Waals surface area (Å²) in [5, 5.41) is 10.2. The lowest BCUT2D eigenvalue weighted by Gasteiger charge is -2.41. The molecule has 2 rings (SSSR count). The molecule has 0 bridgehead atoms. The fraction of sp³-hybridized carbons (Fsp3) is 0.667. The second kappa shape index (κ2) is 4.77. The zero-order chi connectivity index (χ0) is 11.8. The van der Waals surface area contributed by atoms with Gasteiger partial charge in [0.2, 0.25) is 0 Å². The van der Waals surface area contributed by atoms with E-state index in [9.17, 15) is 5.11 Å². The molecule has 4 heteroatoms. The smallest absolute Gasteiger partial charge is 0.0909 e. The van der Waals surface area contributed by atoms with Gasteiger partial charge >= 0.3 is 0 Å². The number of hydrogen-bond donors (Lipinski definition) is 1. The molecule has 1 aliphatic carbocycles. The number of hydrogen-bond acceptors (Lipinski definition) is 3. The van der Waals surface area contributed by atoms with Crippen molar-refractivity contribution in [1.82, 2.24) is 0 Å². The Balaban J connectivity index is 2.05. The standard InChI is InChI=1S/C12H17BrO2S/c1-8-6-10(16-11(8)13)9(14)7-12(15-2)4-3-5-12/h6,9,14H,3-5,7H2,1-2H3. The number of rotatable bonds is 4. The molecular weight excluding hydrogens is 288 g/mol. The van der Waals surface area contributed by atoms with Gasteiger partial charge in [-0.05, 0) is 53.7 Å². The summed E-state index contributed by atoms with van der Waals surface area (Å²) in [4.78, 5) is 1.03. The van der Waals surface area contributed by atoms with Crippen LogP contribution in [0, 0.1) is 6.92 Å². The highest BCUT2D eigenvalue weighted by Crippen LogP contribution is 2.43. The monoisotopic (exact) mass is 304 g/mol. The fourth-order valence-electron chi connectivity index (χ4n) is 2.16. The Morgan fingerprint density at radius 3 is 2.69 bits per heavy atom. The first-order valence-electron chi connectivity index (χ1n) is 5.55. The SMILES string of the molecule is COC1(CC(O)c2cc(C)c(Br)s2)CCC1. The van der Waals surface area contributed by atoms with Gasteiger partial charge in [0.1, 0.15) is 0 Å². The van der Waals surface area contributed by atoms with Crippen LogP contribution in [0.25, 0.3) is 0 Å². The summed E-state index contributed by atoms with van der Waals surface area (Å²) < 4.78 is 6.65. The maximum atomic E-state index is 10.2. The van der Waals surface area contributed by atoms with Gasteiger partial charge in [0.15, 0.2) is 0 Å². The summed E-state index contributed by atoms with van der Waals surface area (Å²) in [6.07, 6.45) is 3.69. The Bertz CT molecular complexity index is 346. The van der Waals surface area contributed by atoms with E-state index >= 15 is 0 Å². The van der Waals surface area contributed by atoms with Gasteiger partial charge in [0.25, 0.3) is 0 Å². The van der Waals surface area contributed by atoms with Crippen LogP contribution in [0.15, 0.2) is 9.85 Å². The van der Waals surface area contributed by atoms with Crippen LogP contribution in [0.4, 0.5) is 0 Å². The van der Waals surface area contributed by atoms with Crippen molar-refractivity contribution in [2.45, 2.75) is 44.3 Å². The van der Waals surface area contributed by atoms with E-state index in [-0.39, 0.29) is 5.60 Å². The Morgan fingerprint density at radius 1 is 1.62 bits per heavy atom. The number of ether oxygens (including phenoxy) is 1. The summed E-state index contributed by atoms with van der Waals surface area (Å²) in [6.45, 7) is 2.05. The molecule has 0 saturated heterocycles. The van der Waals surface area contributed by atoms with Crippen molar-refractivity contribution in [3.8, 4) is 0 Å². The fourth-order valence-corrected chi connectivity index (χ4v) is 3.72. The largest absolute Gasteiger partial charge is 0.387 e. The first kappa shape index (κ1) is 12.6. The van der Waals surface area contributed by atoms with Crippen LogP contribution in [-0.2, 0) is 4.74 Å². The third kappa shape index (κ3) is 2.35. The molecule has 1 saturated carbocycles. The molecule has 2 nitrogen and oxygen atoms in total. The van der Waals surface area contributed by atoms with E-state index in [1.807, 2.05) is 6.92 Å². The van der Waals surface area contributed by atoms with Crippen LogP contribution in [0.2, 0.25) is 0 Å². The van der Waals surface area contributed by atoms with Crippen LogP contribution >= 0.6 is 27.3 Å². The Morgan fingerprint density at radius 2 is 2.31 bits per heavy atom. The van der Waals surface area contributed by atoms with Crippen LogP contribution in [0.1, 0.15) is 42.2 Å². The normalized spacial score (nSPS) is 20.5. The molecule has 0 amide bonds. The molecule has 90 valence electrons. The highest BCUT2D eigenvalue weighted by molar-refractivity contribution is 9.11. The Kier molecular flexibility index (Phi) is 3.74. The molecule has 0 aromatic carbocycles. The highest BCUT2D eigenvalue weighted by atomic mass is 79.9. The number of aryl methyl sites for hydroxylation is 1. The van der Waals surface area contributed by atoms with Crippen LogP contribution in [0.3, 0.4) is 0 Å². The van der Waals surface area contributed by atoms with Gasteiger partial charge in [0.05, 0.1) is 15.5 Å². The lowest BCUT2D eigenvalue weighted by Crippen LogP contribution is -2.40.